The Labute approximate surface area is 152 Å². The van der Waals surface area contributed by atoms with Gasteiger partial charge in [0.1, 0.15) is 5.75 Å². The van der Waals surface area contributed by atoms with Gasteiger partial charge in [0, 0.05) is 12.6 Å². The molecule has 1 atom stereocenters. The molecule has 1 aliphatic heterocycles. The van der Waals surface area contributed by atoms with Crippen molar-refractivity contribution in [1.29, 1.82) is 0 Å². The average Bonchev–Trinajstić information content (AvgIpc) is 2.60. The van der Waals surface area contributed by atoms with E-state index in [1.54, 1.807) is 26.2 Å². The third kappa shape index (κ3) is 5.19. The molecule has 1 aliphatic rings. The van der Waals surface area contributed by atoms with E-state index in [0.717, 1.165) is 25.1 Å². The molecule has 5 nitrogen and oxygen atoms in total. The van der Waals surface area contributed by atoms with Gasteiger partial charge in [0.25, 0.3) is 0 Å². The van der Waals surface area contributed by atoms with Crippen molar-refractivity contribution < 1.29 is 13.2 Å². The third-order valence-corrected chi connectivity index (χ3v) is 6.72. The molecule has 0 saturated carbocycles. The van der Waals surface area contributed by atoms with E-state index >= 15 is 0 Å². The molecule has 0 spiro atoms. The number of nitrogens with zero attached hydrogens (tertiary/aromatic N) is 1. The molecule has 0 amide bonds. The van der Waals surface area contributed by atoms with E-state index in [1.807, 2.05) is 6.92 Å². The van der Waals surface area contributed by atoms with Crippen LogP contribution in [0.1, 0.15) is 50.2 Å². The number of methoxy groups -OCH3 is 1. The molecule has 1 unspecified atom stereocenters. The number of nitrogens with one attached hydrogen (secondary N) is 1. The zero-order chi connectivity index (χ0) is 18.4. The molecule has 0 aromatic heterocycles. The number of hydrogen-bond acceptors (Lipinski definition) is 4. The number of likely N-dealkylation sites (tertiary alicyclic amines) is 1. The second-order valence-electron chi connectivity index (χ2n) is 6.93. The van der Waals surface area contributed by atoms with E-state index in [9.17, 15) is 8.42 Å². The molecule has 1 saturated heterocycles. The maximum absolute atomic E-state index is 12.6. The molecule has 1 heterocycles. The highest BCUT2D eigenvalue weighted by molar-refractivity contribution is 7.89. The Hall–Kier alpha value is -1.11. The normalized spacial score (nSPS) is 19.1. The van der Waals surface area contributed by atoms with Gasteiger partial charge in [-0.15, -0.1) is 0 Å². The van der Waals surface area contributed by atoms with Gasteiger partial charge in [-0.3, -0.25) is 0 Å². The summed E-state index contributed by atoms with van der Waals surface area (Å²) in [6, 6.07) is 4.13. The summed E-state index contributed by atoms with van der Waals surface area (Å²) < 4.78 is 33.2. The maximum Gasteiger partial charge on any atom is 0.240 e. The lowest BCUT2D eigenvalue weighted by Crippen LogP contribution is -2.40. The summed E-state index contributed by atoms with van der Waals surface area (Å²) in [5, 5.41) is 0. The molecule has 1 N–H and O–H groups in total. The molecule has 1 aromatic rings. The molecule has 1 aromatic carbocycles. The zero-order valence-corrected chi connectivity index (χ0v) is 16.8. The summed E-state index contributed by atoms with van der Waals surface area (Å²) in [5.41, 5.74) is 1.53. The van der Waals surface area contributed by atoms with Crippen LogP contribution in [0.25, 0.3) is 0 Å². The first-order valence-corrected chi connectivity index (χ1v) is 10.8. The van der Waals surface area contributed by atoms with Crippen LogP contribution in [-0.2, 0) is 10.0 Å². The van der Waals surface area contributed by atoms with Crippen molar-refractivity contribution in [2.24, 2.45) is 0 Å². The van der Waals surface area contributed by atoms with Crippen molar-refractivity contribution in [3.8, 4) is 5.75 Å². The predicted octanol–water partition coefficient (Wildman–Crippen LogP) is 3.24. The second kappa shape index (κ2) is 9.01. The molecule has 0 aliphatic carbocycles. The van der Waals surface area contributed by atoms with E-state index < -0.39 is 10.0 Å². The van der Waals surface area contributed by atoms with Gasteiger partial charge in [-0.05, 0) is 75.9 Å². The van der Waals surface area contributed by atoms with Gasteiger partial charge in [0.05, 0.1) is 12.0 Å². The van der Waals surface area contributed by atoms with Crippen molar-refractivity contribution in [3.05, 3.63) is 23.3 Å². The van der Waals surface area contributed by atoms with Gasteiger partial charge in [-0.1, -0.05) is 13.3 Å². The van der Waals surface area contributed by atoms with Crippen molar-refractivity contribution in [2.75, 3.05) is 26.7 Å². The van der Waals surface area contributed by atoms with E-state index in [2.05, 4.69) is 16.5 Å². The minimum Gasteiger partial charge on any atom is -0.496 e. The Morgan fingerprint density at radius 2 is 2.00 bits per heavy atom. The summed E-state index contributed by atoms with van der Waals surface area (Å²) in [7, 11) is -1.89. The zero-order valence-electron chi connectivity index (χ0n) is 16.0. The van der Waals surface area contributed by atoms with E-state index in [-0.39, 0.29) is 0 Å². The Kier molecular flexibility index (Phi) is 7.28. The second-order valence-corrected chi connectivity index (χ2v) is 8.67. The van der Waals surface area contributed by atoms with Gasteiger partial charge in [-0.2, -0.15) is 0 Å². The van der Waals surface area contributed by atoms with Crippen molar-refractivity contribution in [1.82, 2.24) is 9.62 Å². The van der Waals surface area contributed by atoms with Crippen molar-refractivity contribution in [2.45, 2.75) is 63.8 Å². The third-order valence-electron chi connectivity index (χ3n) is 5.12. The summed E-state index contributed by atoms with van der Waals surface area (Å²) in [4.78, 5) is 2.86. The fraction of sp³-hybridized carbons (Fsp3) is 0.684. The predicted molar refractivity (Wildman–Crippen MR) is 102 cm³/mol. The monoisotopic (exact) mass is 368 g/mol. The Bertz CT molecular complexity index is 673. The van der Waals surface area contributed by atoms with Gasteiger partial charge in [-0.25, -0.2) is 13.1 Å². The lowest BCUT2D eigenvalue weighted by molar-refractivity contribution is 0.143. The van der Waals surface area contributed by atoms with Crippen LogP contribution in [0.2, 0.25) is 0 Å². The van der Waals surface area contributed by atoms with Crippen LogP contribution in [0.3, 0.4) is 0 Å². The fourth-order valence-corrected chi connectivity index (χ4v) is 5.04. The number of benzene rings is 1. The van der Waals surface area contributed by atoms with Crippen molar-refractivity contribution >= 4 is 10.0 Å². The lowest BCUT2D eigenvalue weighted by Gasteiger charge is -2.35. The SMILES string of the molecule is CCC1CCCCN1CCCNS(=O)(=O)c1cc(C)c(OC)cc1C. The Morgan fingerprint density at radius 1 is 1.24 bits per heavy atom. The summed E-state index contributed by atoms with van der Waals surface area (Å²) >= 11 is 0. The number of aryl methyl sites for hydroxylation is 2. The number of hydrogen-bond donors (Lipinski definition) is 1. The molecule has 1 fully saturated rings. The Balaban J connectivity index is 1.92. The van der Waals surface area contributed by atoms with E-state index in [0.29, 0.717) is 28.8 Å². The van der Waals surface area contributed by atoms with Crippen molar-refractivity contribution in [3.63, 3.8) is 0 Å². The Morgan fingerprint density at radius 3 is 2.68 bits per heavy atom. The number of piperidine rings is 1. The molecule has 2 rings (SSSR count). The standard InChI is InChI=1S/C19H32N2O3S/c1-5-17-9-6-7-11-21(17)12-8-10-20-25(22,23)19-14-15(2)18(24-4)13-16(19)3/h13-14,17,20H,5-12H2,1-4H3. The highest BCUT2D eigenvalue weighted by Gasteiger charge is 2.21. The number of rotatable bonds is 8. The molecule has 0 bridgehead atoms. The minimum atomic E-state index is -3.48. The van der Waals surface area contributed by atoms with Gasteiger partial charge < -0.3 is 9.64 Å². The molecular weight excluding hydrogens is 336 g/mol. The quantitative estimate of drug-likeness (QED) is 0.716. The van der Waals surface area contributed by atoms with Crippen LogP contribution >= 0.6 is 0 Å². The molecule has 6 heteroatoms. The molecular formula is C19H32N2O3S. The summed E-state index contributed by atoms with van der Waals surface area (Å²) in [6.45, 7) is 8.47. The summed E-state index contributed by atoms with van der Waals surface area (Å²) in [6.07, 6.45) is 5.86. The van der Waals surface area contributed by atoms with Gasteiger partial charge >= 0.3 is 0 Å². The minimum absolute atomic E-state index is 0.343. The number of sulfonamides is 1. The molecule has 0 radical (unpaired) electrons. The lowest BCUT2D eigenvalue weighted by atomic mass is 10.00. The molecule has 25 heavy (non-hydrogen) atoms. The largest absolute Gasteiger partial charge is 0.496 e. The smallest absolute Gasteiger partial charge is 0.240 e. The first-order valence-electron chi connectivity index (χ1n) is 9.28. The average molecular weight is 369 g/mol. The van der Waals surface area contributed by atoms with E-state index in [4.69, 9.17) is 4.74 Å². The van der Waals surface area contributed by atoms with Gasteiger partial charge in [0.2, 0.25) is 10.0 Å². The highest BCUT2D eigenvalue weighted by Crippen LogP contribution is 2.25. The first kappa shape index (κ1) is 20.2. The highest BCUT2D eigenvalue weighted by atomic mass is 32.2. The van der Waals surface area contributed by atoms with E-state index in [1.165, 1.54) is 25.7 Å². The van der Waals surface area contributed by atoms with Crippen LogP contribution < -0.4 is 9.46 Å². The maximum atomic E-state index is 12.6. The topological polar surface area (TPSA) is 58.6 Å². The van der Waals surface area contributed by atoms with Crippen LogP contribution in [-0.4, -0.2) is 46.1 Å². The fourth-order valence-electron chi connectivity index (χ4n) is 3.66. The van der Waals surface area contributed by atoms with Crippen LogP contribution in [0.5, 0.6) is 5.75 Å². The first-order chi connectivity index (χ1) is 11.9. The summed E-state index contributed by atoms with van der Waals surface area (Å²) in [5.74, 6) is 0.715. The van der Waals surface area contributed by atoms with Gasteiger partial charge in [0.15, 0.2) is 0 Å². The number of ether oxygens (including phenoxy) is 1. The molecule has 142 valence electrons. The van der Waals surface area contributed by atoms with Crippen LogP contribution in [0.4, 0.5) is 0 Å². The van der Waals surface area contributed by atoms with Crippen LogP contribution in [0, 0.1) is 13.8 Å². The van der Waals surface area contributed by atoms with Crippen LogP contribution in [0.15, 0.2) is 17.0 Å².